The highest BCUT2D eigenvalue weighted by molar-refractivity contribution is 5.18. The zero-order valence-electron chi connectivity index (χ0n) is 6.29. The Morgan fingerprint density at radius 1 is 1.45 bits per heavy atom. The molecule has 11 heavy (non-hydrogen) atoms. The molecule has 2 rings (SSSR count). The molecule has 1 fully saturated rings. The molecular formula is C7H11N3O. The summed E-state index contributed by atoms with van der Waals surface area (Å²) in [7, 11) is 0. The van der Waals surface area contributed by atoms with Crippen molar-refractivity contribution in [3.8, 4) is 0 Å². The fourth-order valence-corrected chi connectivity index (χ4v) is 1.19. The van der Waals surface area contributed by atoms with Crippen LogP contribution in [0.5, 0.6) is 0 Å². The van der Waals surface area contributed by atoms with Gasteiger partial charge in [-0.3, -0.25) is 0 Å². The highest BCUT2D eigenvalue weighted by Crippen LogP contribution is 2.40. The predicted molar refractivity (Wildman–Crippen MR) is 39.0 cm³/mol. The lowest BCUT2D eigenvalue weighted by molar-refractivity contribution is 0.300. The molecule has 1 heterocycles. The predicted octanol–water partition coefficient (Wildman–Crippen LogP) is 0.448. The quantitative estimate of drug-likeness (QED) is 0.684. The van der Waals surface area contributed by atoms with Gasteiger partial charge in [-0.15, -0.1) is 0 Å². The molecule has 0 aromatic carbocycles. The second-order valence-corrected chi connectivity index (χ2v) is 2.91. The van der Waals surface area contributed by atoms with Crippen LogP contribution >= 0.6 is 0 Å². The van der Waals surface area contributed by atoms with Crippen LogP contribution in [0.1, 0.15) is 30.1 Å². The fraction of sp³-hybridized carbons (Fsp3) is 0.714. The highest BCUT2D eigenvalue weighted by Gasteiger charge is 2.29. The summed E-state index contributed by atoms with van der Waals surface area (Å²) in [5.74, 6) is 0.614. The molecule has 0 aliphatic heterocycles. The normalized spacial score (nSPS) is 17.2. The van der Waals surface area contributed by atoms with Crippen molar-refractivity contribution in [2.75, 3.05) is 6.54 Å². The minimum absolute atomic E-state index is 0.614. The molecule has 4 heteroatoms. The van der Waals surface area contributed by atoms with Crippen LogP contribution in [0, 0.1) is 0 Å². The van der Waals surface area contributed by atoms with E-state index in [-0.39, 0.29) is 0 Å². The van der Waals surface area contributed by atoms with Gasteiger partial charge in [0.2, 0.25) is 0 Å². The molecule has 0 radical (unpaired) electrons. The lowest BCUT2D eigenvalue weighted by atomic mass is 10.2. The van der Waals surface area contributed by atoms with Gasteiger partial charge in [0.25, 0.3) is 0 Å². The van der Waals surface area contributed by atoms with Gasteiger partial charge < -0.3 is 5.73 Å². The Labute approximate surface area is 64.7 Å². The lowest BCUT2D eigenvalue weighted by Gasteiger charge is -1.91. The number of rotatable bonds is 3. The van der Waals surface area contributed by atoms with Crippen LogP contribution in [-0.4, -0.2) is 16.9 Å². The van der Waals surface area contributed by atoms with Gasteiger partial charge in [-0.1, -0.05) is 10.3 Å². The van der Waals surface area contributed by atoms with Crippen LogP contribution in [-0.2, 0) is 6.42 Å². The van der Waals surface area contributed by atoms with Crippen molar-refractivity contribution < 1.29 is 4.63 Å². The van der Waals surface area contributed by atoms with E-state index in [9.17, 15) is 0 Å². The maximum Gasteiger partial charge on any atom is 0.111 e. The Bertz CT molecular complexity index is 242. The van der Waals surface area contributed by atoms with Crippen LogP contribution in [0.3, 0.4) is 0 Å². The minimum Gasteiger partial charge on any atom is -0.330 e. The third kappa shape index (κ3) is 1.26. The van der Waals surface area contributed by atoms with E-state index in [0.717, 1.165) is 17.8 Å². The third-order valence-electron chi connectivity index (χ3n) is 1.93. The first-order valence-corrected chi connectivity index (χ1v) is 3.93. The van der Waals surface area contributed by atoms with Gasteiger partial charge in [0.15, 0.2) is 0 Å². The van der Waals surface area contributed by atoms with Crippen molar-refractivity contribution in [3.63, 3.8) is 0 Å². The van der Waals surface area contributed by atoms with Crippen LogP contribution in [0.25, 0.3) is 0 Å². The number of nitrogens with zero attached hydrogens (tertiary/aromatic N) is 2. The molecule has 1 aromatic rings. The Morgan fingerprint density at radius 3 is 2.91 bits per heavy atom. The van der Waals surface area contributed by atoms with Crippen LogP contribution in [0.2, 0.25) is 0 Å². The Kier molecular flexibility index (Phi) is 1.62. The smallest absolute Gasteiger partial charge is 0.111 e. The van der Waals surface area contributed by atoms with Gasteiger partial charge in [-0.25, -0.2) is 4.63 Å². The molecule has 60 valence electrons. The van der Waals surface area contributed by atoms with E-state index in [4.69, 9.17) is 5.73 Å². The van der Waals surface area contributed by atoms with Crippen LogP contribution in [0.15, 0.2) is 4.63 Å². The molecule has 1 aliphatic rings. The first-order valence-electron chi connectivity index (χ1n) is 3.93. The first kappa shape index (κ1) is 6.79. The SMILES string of the molecule is NCCc1nonc1C1CC1. The molecule has 1 aromatic heterocycles. The zero-order chi connectivity index (χ0) is 7.68. The van der Waals surface area contributed by atoms with E-state index in [2.05, 4.69) is 14.9 Å². The summed E-state index contributed by atoms with van der Waals surface area (Å²) in [5.41, 5.74) is 7.39. The van der Waals surface area contributed by atoms with Crippen LogP contribution < -0.4 is 5.73 Å². The number of nitrogens with two attached hydrogens (primary N) is 1. The molecule has 0 amide bonds. The van der Waals surface area contributed by atoms with E-state index in [1.807, 2.05) is 0 Å². The Hall–Kier alpha value is -0.900. The largest absolute Gasteiger partial charge is 0.330 e. The molecule has 0 saturated heterocycles. The summed E-state index contributed by atoms with van der Waals surface area (Å²) < 4.78 is 4.64. The summed E-state index contributed by atoms with van der Waals surface area (Å²) in [6.45, 7) is 0.619. The molecule has 4 nitrogen and oxygen atoms in total. The van der Waals surface area contributed by atoms with Gasteiger partial charge in [-0.05, 0) is 19.4 Å². The van der Waals surface area contributed by atoms with Crippen molar-refractivity contribution >= 4 is 0 Å². The van der Waals surface area contributed by atoms with Gasteiger partial charge in [0.05, 0.1) is 0 Å². The molecule has 2 N–H and O–H groups in total. The minimum atomic E-state index is 0.614. The second-order valence-electron chi connectivity index (χ2n) is 2.91. The maximum absolute atomic E-state index is 5.40. The molecular weight excluding hydrogens is 142 g/mol. The summed E-state index contributed by atoms with van der Waals surface area (Å²) in [6.07, 6.45) is 3.24. The van der Waals surface area contributed by atoms with Crippen LogP contribution in [0.4, 0.5) is 0 Å². The maximum atomic E-state index is 5.40. The summed E-state index contributed by atoms with van der Waals surface area (Å²) in [6, 6.07) is 0. The first-order chi connectivity index (χ1) is 5.42. The van der Waals surface area contributed by atoms with E-state index in [0.29, 0.717) is 12.5 Å². The molecule has 0 bridgehead atoms. The molecule has 1 aliphatic carbocycles. The summed E-state index contributed by atoms with van der Waals surface area (Å²) in [5, 5.41) is 7.66. The van der Waals surface area contributed by atoms with Crippen molar-refractivity contribution in [3.05, 3.63) is 11.4 Å². The van der Waals surface area contributed by atoms with Gasteiger partial charge in [0.1, 0.15) is 11.4 Å². The average molecular weight is 153 g/mol. The van der Waals surface area contributed by atoms with Gasteiger partial charge in [0, 0.05) is 12.3 Å². The van der Waals surface area contributed by atoms with E-state index >= 15 is 0 Å². The summed E-state index contributed by atoms with van der Waals surface area (Å²) in [4.78, 5) is 0. The molecule has 0 unspecified atom stereocenters. The number of hydrogen-bond donors (Lipinski definition) is 1. The van der Waals surface area contributed by atoms with Crippen molar-refractivity contribution in [2.24, 2.45) is 5.73 Å². The number of hydrogen-bond acceptors (Lipinski definition) is 4. The standard InChI is InChI=1S/C7H11N3O/c8-4-3-6-7(5-1-2-5)10-11-9-6/h5H,1-4,8H2. The summed E-state index contributed by atoms with van der Waals surface area (Å²) >= 11 is 0. The van der Waals surface area contributed by atoms with Gasteiger partial charge >= 0.3 is 0 Å². The Balaban J connectivity index is 2.16. The zero-order valence-corrected chi connectivity index (χ0v) is 6.29. The average Bonchev–Trinajstić information content (AvgIpc) is 2.75. The van der Waals surface area contributed by atoms with E-state index in [1.165, 1.54) is 12.8 Å². The molecule has 1 saturated carbocycles. The lowest BCUT2D eigenvalue weighted by Crippen LogP contribution is -2.04. The topological polar surface area (TPSA) is 64.9 Å². The van der Waals surface area contributed by atoms with Gasteiger partial charge in [-0.2, -0.15) is 0 Å². The fourth-order valence-electron chi connectivity index (χ4n) is 1.19. The Morgan fingerprint density at radius 2 is 2.27 bits per heavy atom. The van der Waals surface area contributed by atoms with E-state index < -0.39 is 0 Å². The van der Waals surface area contributed by atoms with Crippen molar-refractivity contribution in [1.29, 1.82) is 0 Å². The monoisotopic (exact) mass is 153 g/mol. The molecule has 0 spiro atoms. The highest BCUT2D eigenvalue weighted by atomic mass is 16.6. The third-order valence-corrected chi connectivity index (χ3v) is 1.93. The molecule has 0 atom stereocenters. The van der Waals surface area contributed by atoms with Crippen molar-refractivity contribution in [2.45, 2.75) is 25.2 Å². The van der Waals surface area contributed by atoms with Crippen molar-refractivity contribution in [1.82, 2.24) is 10.3 Å². The van der Waals surface area contributed by atoms with E-state index in [1.54, 1.807) is 0 Å². The number of aromatic nitrogens is 2. The second kappa shape index (κ2) is 2.62.